The van der Waals surface area contributed by atoms with Gasteiger partial charge in [0.05, 0.1) is 0 Å². The molecule has 0 radical (unpaired) electrons. The van der Waals surface area contributed by atoms with E-state index in [1.165, 1.54) is 16.8 Å². The summed E-state index contributed by atoms with van der Waals surface area (Å²) < 4.78 is 8.50. The number of hydrogen-bond donors (Lipinski definition) is 4. The summed E-state index contributed by atoms with van der Waals surface area (Å²) >= 11 is 4.22. The van der Waals surface area contributed by atoms with Gasteiger partial charge in [0.15, 0.2) is 0 Å². The summed E-state index contributed by atoms with van der Waals surface area (Å²) in [5.41, 5.74) is 8.33. The average Bonchev–Trinajstić information content (AvgIpc) is 3.00. The summed E-state index contributed by atoms with van der Waals surface area (Å²) in [6.45, 7) is 8.42. The zero-order valence-electron chi connectivity index (χ0n) is 14.0. The van der Waals surface area contributed by atoms with E-state index in [9.17, 15) is 0 Å². The van der Waals surface area contributed by atoms with Gasteiger partial charge in [-0.25, -0.2) is 10.4 Å². The summed E-state index contributed by atoms with van der Waals surface area (Å²) in [4.78, 5) is 4.92. The van der Waals surface area contributed by atoms with Crippen molar-refractivity contribution in [2.45, 2.75) is 52.2 Å². The molecular formula is C16H27N5OS. The first-order valence-electron chi connectivity index (χ1n) is 8.55. The van der Waals surface area contributed by atoms with Crippen molar-refractivity contribution in [1.82, 2.24) is 15.1 Å². The number of anilines is 2. The SMILES string of the molecule is CCc1nc2c(c(NC3CCOCC3)c1CNS)CNN2CC. The molecule has 6 nitrogen and oxygen atoms in total. The lowest BCUT2D eigenvalue weighted by molar-refractivity contribution is 0.0904. The van der Waals surface area contributed by atoms with Gasteiger partial charge in [-0.15, -0.1) is 0 Å². The van der Waals surface area contributed by atoms with Crippen LogP contribution in [0, 0.1) is 0 Å². The van der Waals surface area contributed by atoms with Crippen molar-refractivity contribution >= 4 is 24.3 Å². The van der Waals surface area contributed by atoms with E-state index in [4.69, 9.17) is 9.72 Å². The lowest BCUT2D eigenvalue weighted by atomic mass is 10.0. The van der Waals surface area contributed by atoms with E-state index in [1.807, 2.05) is 0 Å². The monoisotopic (exact) mass is 337 g/mol. The maximum atomic E-state index is 5.49. The maximum Gasteiger partial charge on any atom is 0.149 e. The smallest absolute Gasteiger partial charge is 0.149 e. The Bertz CT molecular complexity index is 548. The van der Waals surface area contributed by atoms with E-state index in [0.29, 0.717) is 12.6 Å². The van der Waals surface area contributed by atoms with Gasteiger partial charge in [-0.3, -0.25) is 9.73 Å². The van der Waals surface area contributed by atoms with Gasteiger partial charge in [-0.2, -0.15) is 0 Å². The van der Waals surface area contributed by atoms with Crippen LogP contribution in [0.3, 0.4) is 0 Å². The van der Waals surface area contributed by atoms with Gasteiger partial charge in [0.1, 0.15) is 5.82 Å². The molecular weight excluding hydrogens is 310 g/mol. The Morgan fingerprint density at radius 1 is 1.35 bits per heavy atom. The molecule has 1 aromatic heterocycles. The molecule has 7 heteroatoms. The lowest BCUT2D eigenvalue weighted by Crippen LogP contribution is -2.32. The molecule has 0 aromatic carbocycles. The molecule has 0 saturated carbocycles. The van der Waals surface area contributed by atoms with Crippen molar-refractivity contribution in [1.29, 1.82) is 0 Å². The molecule has 2 aliphatic heterocycles. The molecule has 0 atom stereocenters. The summed E-state index contributed by atoms with van der Waals surface area (Å²) in [6.07, 6.45) is 3.02. The standard InChI is InChI=1S/C16H27N5OS/c1-3-14-12(10-18-23)15(19-11-5-7-22-8-6-11)13-9-17-21(4-2)16(13)20-14/h11,17-18,23H,3-10H2,1-2H3,(H,19,20). The quantitative estimate of drug-likeness (QED) is 0.596. The zero-order chi connectivity index (χ0) is 16.2. The van der Waals surface area contributed by atoms with Gasteiger partial charge < -0.3 is 10.1 Å². The van der Waals surface area contributed by atoms with Gasteiger partial charge in [-0.1, -0.05) is 19.7 Å². The second-order valence-electron chi connectivity index (χ2n) is 6.01. The first-order chi connectivity index (χ1) is 11.3. The van der Waals surface area contributed by atoms with Crippen LogP contribution in [0.15, 0.2) is 0 Å². The fraction of sp³-hybridized carbons (Fsp3) is 0.688. The Labute approximate surface area is 143 Å². The van der Waals surface area contributed by atoms with Crippen LogP contribution in [0.2, 0.25) is 0 Å². The number of ether oxygens (including phenoxy) is 1. The molecule has 23 heavy (non-hydrogen) atoms. The van der Waals surface area contributed by atoms with E-state index < -0.39 is 0 Å². The number of hydrogen-bond acceptors (Lipinski definition) is 7. The van der Waals surface area contributed by atoms with Gasteiger partial charge in [0.2, 0.25) is 0 Å². The number of thiol groups is 1. The molecule has 0 unspecified atom stereocenters. The highest BCUT2D eigenvalue weighted by atomic mass is 32.1. The van der Waals surface area contributed by atoms with Gasteiger partial charge in [0.25, 0.3) is 0 Å². The molecule has 2 aliphatic rings. The second kappa shape index (κ2) is 7.70. The van der Waals surface area contributed by atoms with Gasteiger partial charge in [-0.05, 0) is 26.2 Å². The molecule has 3 heterocycles. The zero-order valence-corrected chi connectivity index (χ0v) is 14.9. The van der Waals surface area contributed by atoms with E-state index in [0.717, 1.165) is 57.1 Å². The van der Waals surface area contributed by atoms with Crippen LogP contribution in [-0.4, -0.2) is 30.8 Å². The van der Waals surface area contributed by atoms with Crippen LogP contribution in [0.25, 0.3) is 0 Å². The van der Waals surface area contributed by atoms with Gasteiger partial charge >= 0.3 is 0 Å². The molecule has 1 saturated heterocycles. The molecule has 0 amide bonds. The lowest BCUT2D eigenvalue weighted by Gasteiger charge is -2.27. The topological polar surface area (TPSA) is 61.5 Å². The predicted molar refractivity (Wildman–Crippen MR) is 96.8 cm³/mol. The summed E-state index contributed by atoms with van der Waals surface area (Å²) in [5.74, 6) is 1.07. The summed E-state index contributed by atoms with van der Waals surface area (Å²) in [7, 11) is 0. The van der Waals surface area contributed by atoms with Crippen LogP contribution in [0.1, 0.15) is 43.5 Å². The largest absolute Gasteiger partial charge is 0.381 e. The first-order valence-corrected chi connectivity index (χ1v) is 9.00. The fourth-order valence-electron chi connectivity index (χ4n) is 3.38. The van der Waals surface area contributed by atoms with Gasteiger partial charge in [0, 0.05) is 61.4 Å². The minimum Gasteiger partial charge on any atom is -0.381 e. The Hall–Kier alpha value is -1.02. The van der Waals surface area contributed by atoms with Crippen molar-refractivity contribution in [2.24, 2.45) is 0 Å². The number of pyridine rings is 1. The number of rotatable bonds is 6. The third-order valence-corrected chi connectivity index (χ3v) is 4.80. The highest BCUT2D eigenvalue weighted by Crippen LogP contribution is 2.35. The highest BCUT2D eigenvalue weighted by Gasteiger charge is 2.28. The van der Waals surface area contributed by atoms with Crippen LogP contribution in [0.5, 0.6) is 0 Å². The molecule has 0 spiro atoms. The van der Waals surface area contributed by atoms with Crippen LogP contribution < -0.4 is 20.5 Å². The molecule has 0 bridgehead atoms. The highest BCUT2D eigenvalue weighted by molar-refractivity contribution is 7.78. The van der Waals surface area contributed by atoms with Crippen LogP contribution >= 0.6 is 12.8 Å². The van der Waals surface area contributed by atoms with Crippen molar-refractivity contribution in [3.63, 3.8) is 0 Å². The normalized spacial score (nSPS) is 18.3. The van der Waals surface area contributed by atoms with Crippen LogP contribution in [-0.2, 0) is 24.2 Å². The maximum absolute atomic E-state index is 5.49. The first kappa shape index (κ1) is 16.8. The van der Waals surface area contributed by atoms with E-state index in [2.05, 4.69) is 47.1 Å². The molecule has 1 aromatic rings. The Balaban J connectivity index is 2.00. The van der Waals surface area contributed by atoms with E-state index in [1.54, 1.807) is 0 Å². The van der Waals surface area contributed by atoms with Crippen molar-refractivity contribution in [3.8, 4) is 0 Å². The van der Waals surface area contributed by atoms with Crippen molar-refractivity contribution < 1.29 is 4.74 Å². The second-order valence-corrected chi connectivity index (χ2v) is 6.33. The third kappa shape index (κ3) is 3.42. The number of hydrazine groups is 1. The minimum absolute atomic E-state index is 0.467. The fourth-order valence-corrected chi connectivity index (χ4v) is 3.54. The minimum atomic E-state index is 0.467. The number of aryl methyl sites for hydroxylation is 1. The predicted octanol–water partition coefficient (Wildman–Crippen LogP) is 2.01. The van der Waals surface area contributed by atoms with E-state index in [-0.39, 0.29) is 0 Å². The molecule has 128 valence electrons. The third-order valence-electron chi connectivity index (χ3n) is 4.64. The van der Waals surface area contributed by atoms with Crippen molar-refractivity contribution in [2.75, 3.05) is 30.1 Å². The summed E-state index contributed by atoms with van der Waals surface area (Å²) in [5, 5.41) is 5.93. The number of fused-ring (bicyclic) bond motifs is 1. The molecule has 3 N–H and O–H groups in total. The average molecular weight is 337 g/mol. The Kier molecular flexibility index (Phi) is 5.63. The Morgan fingerprint density at radius 2 is 2.13 bits per heavy atom. The summed E-state index contributed by atoms with van der Waals surface area (Å²) in [6, 6.07) is 0.467. The van der Waals surface area contributed by atoms with Crippen molar-refractivity contribution in [3.05, 3.63) is 16.8 Å². The molecule has 3 rings (SSSR count). The number of aromatic nitrogens is 1. The van der Waals surface area contributed by atoms with E-state index >= 15 is 0 Å². The number of nitrogens with zero attached hydrogens (tertiary/aromatic N) is 2. The molecule has 0 aliphatic carbocycles. The number of nitrogens with one attached hydrogen (secondary N) is 3. The van der Waals surface area contributed by atoms with Crippen LogP contribution in [0.4, 0.5) is 11.5 Å². The Morgan fingerprint density at radius 3 is 2.78 bits per heavy atom. The molecule has 1 fully saturated rings.